The Morgan fingerprint density at radius 3 is 2.41 bits per heavy atom. The first-order valence-electron chi connectivity index (χ1n) is 8.81. The van der Waals surface area contributed by atoms with Gasteiger partial charge in [-0.3, -0.25) is 10.1 Å². The van der Waals surface area contributed by atoms with Gasteiger partial charge in [-0.2, -0.15) is 5.26 Å². The van der Waals surface area contributed by atoms with E-state index in [1.165, 1.54) is 12.1 Å². The summed E-state index contributed by atoms with van der Waals surface area (Å²) >= 11 is 3.50. The van der Waals surface area contributed by atoms with E-state index < -0.39 is 4.92 Å². The van der Waals surface area contributed by atoms with Gasteiger partial charge in [0.1, 0.15) is 12.4 Å². The molecule has 0 aliphatic rings. The van der Waals surface area contributed by atoms with Crippen molar-refractivity contribution in [3.05, 3.63) is 104 Å². The number of nitrogens with zero attached hydrogens (tertiary/aromatic N) is 2. The lowest BCUT2D eigenvalue weighted by Crippen LogP contribution is -1.97. The summed E-state index contributed by atoms with van der Waals surface area (Å²) in [5.74, 6) is 0.648. The van der Waals surface area contributed by atoms with E-state index in [0.29, 0.717) is 17.9 Å². The second-order valence-electron chi connectivity index (χ2n) is 6.44. The lowest BCUT2D eigenvalue weighted by molar-refractivity contribution is -0.384. The van der Waals surface area contributed by atoms with E-state index in [4.69, 9.17) is 4.74 Å². The average Bonchev–Trinajstić information content (AvgIpc) is 2.72. The number of hydrogen-bond acceptors (Lipinski definition) is 4. The van der Waals surface area contributed by atoms with Gasteiger partial charge < -0.3 is 4.74 Å². The number of nitro benzene ring substituents is 1. The SMILES string of the molecule is Cc1ccc(/C(C#N)=C\c2ccc(OCc3ccc([N+](=O)[O-])cc3)c(Br)c2)cc1. The van der Waals surface area contributed by atoms with Gasteiger partial charge in [0.05, 0.1) is 21.0 Å². The number of allylic oxidation sites excluding steroid dienone is 1. The Morgan fingerprint density at radius 2 is 1.83 bits per heavy atom. The maximum atomic E-state index is 10.7. The first-order chi connectivity index (χ1) is 14.0. The van der Waals surface area contributed by atoms with E-state index in [1.807, 2.05) is 55.5 Å². The van der Waals surface area contributed by atoms with Crippen LogP contribution in [0.1, 0.15) is 22.3 Å². The van der Waals surface area contributed by atoms with Gasteiger partial charge in [0, 0.05) is 12.1 Å². The topological polar surface area (TPSA) is 76.2 Å². The van der Waals surface area contributed by atoms with Crippen LogP contribution in [0.5, 0.6) is 5.75 Å². The van der Waals surface area contributed by atoms with Gasteiger partial charge in [0.15, 0.2) is 0 Å². The molecule has 0 amide bonds. The van der Waals surface area contributed by atoms with E-state index in [9.17, 15) is 15.4 Å². The summed E-state index contributed by atoms with van der Waals surface area (Å²) in [5.41, 5.74) is 4.34. The minimum atomic E-state index is -0.431. The number of halogens is 1. The van der Waals surface area contributed by atoms with Gasteiger partial charge in [-0.05, 0) is 69.9 Å². The Bertz CT molecular complexity index is 1100. The Kier molecular flexibility index (Phi) is 6.43. The third kappa shape index (κ3) is 5.31. The van der Waals surface area contributed by atoms with Crippen molar-refractivity contribution >= 4 is 33.3 Å². The summed E-state index contributed by atoms with van der Waals surface area (Å²) in [5, 5.41) is 20.2. The van der Waals surface area contributed by atoms with Gasteiger partial charge in [0.25, 0.3) is 5.69 Å². The predicted octanol–water partition coefficient (Wildman–Crippen LogP) is 6.31. The van der Waals surface area contributed by atoms with E-state index in [2.05, 4.69) is 22.0 Å². The van der Waals surface area contributed by atoms with Crippen LogP contribution in [0, 0.1) is 28.4 Å². The van der Waals surface area contributed by atoms with Gasteiger partial charge >= 0.3 is 0 Å². The van der Waals surface area contributed by atoms with Crippen LogP contribution in [0.3, 0.4) is 0 Å². The van der Waals surface area contributed by atoms with Crippen LogP contribution in [0.25, 0.3) is 11.6 Å². The van der Waals surface area contributed by atoms with Crippen LogP contribution in [0.2, 0.25) is 0 Å². The molecule has 0 atom stereocenters. The molecule has 0 N–H and O–H groups in total. The molecule has 3 rings (SSSR count). The number of rotatable bonds is 6. The summed E-state index contributed by atoms with van der Waals surface area (Å²) in [4.78, 5) is 10.3. The highest BCUT2D eigenvalue weighted by molar-refractivity contribution is 9.10. The first kappa shape index (κ1) is 20.3. The van der Waals surface area contributed by atoms with E-state index >= 15 is 0 Å². The fourth-order valence-corrected chi connectivity index (χ4v) is 3.19. The van der Waals surface area contributed by atoms with Gasteiger partial charge in [-0.15, -0.1) is 0 Å². The smallest absolute Gasteiger partial charge is 0.269 e. The van der Waals surface area contributed by atoms with Crippen molar-refractivity contribution in [3.8, 4) is 11.8 Å². The van der Waals surface area contributed by atoms with Crippen LogP contribution < -0.4 is 4.74 Å². The number of hydrogen-bond donors (Lipinski definition) is 0. The molecule has 0 unspecified atom stereocenters. The summed E-state index contributed by atoms with van der Waals surface area (Å²) < 4.78 is 6.56. The molecular weight excluding hydrogens is 432 g/mol. The molecule has 0 fully saturated rings. The van der Waals surface area contributed by atoms with Crippen molar-refractivity contribution in [2.45, 2.75) is 13.5 Å². The predicted molar refractivity (Wildman–Crippen MR) is 116 cm³/mol. The molecule has 3 aromatic carbocycles. The molecule has 0 aliphatic heterocycles. The molecule has 0 aromatic heterocycles. The number of nitriles is 1. The van der Waals surface area contributed by atoms with Crippen molar-refractivity contribution in [1.29, 1.82) is 5.26 Å². The highest BCUT2D eigenvalue weighted by Gasteiger charge is 2.07. The zero-order valence-electron chi connectivity index (χ0n) is 15.6. The maximum Gasteiger partial charge on any atom is 0.269 e. The zero-order valence-corrected chi connectivity index (χ0v) is 17.2. The molecule has 0 saturated carbocycles. The molecule has 3 aromatic rings. The average molecular weight is 449 g/mol. The number of non-ortho nitro benzene ring substituents is 1. The van der Waals surface area contributed by atoms with Gasteiger partial charge in [-0.25, -0.2) is 0 Å². The van der Waals surface area contributed by atoms with Crippen molar-refractivity contribution in [2.24, 2.45) is 0 Å². The Morgan fingerprint density at radius 1 is 1.14 bits per heavy atom. The van der Waals surface area contributed by atoms with Crippen LogP contribution in [-0.2, 0) is 6.61 Å². The third-order valence-corrected chi connectivity index (χ3v) is 4.91. The van der Waals surface area contributed by atoms with Crippen LogP contribution in [0.15, 0.2) is 71.2 Å². The van der Waals surface area contributed by atoms with Gasteiger partial charge in [-0.1, -0.05) is 35.9 Å². The Balaban J connectivity index is 1.73. The van der Waals surface area contributed by atoms with Crippen LogP contribution in [-0.4, -0.2) is 4.92 Å². The summed E-state index contributed by atoms with van der Waals surface area (Å²) in [7, 11) is 0. The second-order valence-corrected chi connectivity index (χ2v) is 7.29. The van der Waals surface area contributed by atoms with Crippen molar-refractivity contribution in [3.63, 3.8) is 0 Å². The Hall–Kier alpha value is -3.43. The van der Waals surface area contributed by atoms with Crippen LogP contribution in [0.4, 0.5) is 5.69 Å². The van der Waals surface area contributed by atoms with Crippen LogP contribution >= 0.6 is 15.9 Å². The highest BCUT2D eigenvalue weighted by atomic mass is 79.9. The summed E-state index contributed by atoms with van der Waals surface area (Å²) in [6, 6.07) is 21.9. The van der Waals surface area contributed by atoms with Gasteiger partial charge in [0.2, 0.25) is 0 Å². The third-order valence-electron chi connectivity index (χ3n) is 4.29. The molecule has 0 saturated heterocycles. The van der Waals surface area contributed by atoms with Crippen molar-refractivity contribution in [2.75, 3.05) is 0 Å². The molecule has 0 spiro atoms. The Labute approximate surface area is 177 Å². The fourth-order valence-electron chi connectivity index (χ4n) is 2.68. The summed E-state index contributed by atoms with van der Waals surface area (Å²) in [6.45, 7) is 2.30. The monoisotopic (exact) mass is 448 g/mol. The van der Waals surface area contributed by atoms with Crippen molar-refractivity contribution < 1.29 is 9.66 Å². The normalized spacial score (nSPS) is 11.0. The molecule has 0 heterocycles. The maximum absolute atomic E-state index is 10.7. The number of benzene rings is 3. The largest absolute Gasteiger partial charge is 0.488 e. The zero-order chi connectivity index (χ0) is 20.8. The number of aryl methyl sites for hydroxylation is 1. The van der Waals surface area contributed by atoms with E-state index in [0.717, 1.165) is 26.7 Å². The first-order valence-corrected chi connectivity index (χ1v) is 9.60. The number of ether oxygens (including phenoxy) is 1. The number of nitro groups is 1. The molecular formula is C23H17BrN2O3. The standard InChI is InChI=1S/C23H17BrN2O3/c1-16-2-7-19(8-3-16)20(14-25)12-18-6-11-23(22(24)13-18)29-15-17-4-9-21(10-5-17)26(27)28/h2-13H,15H2,1H3/b20-12-. The molecule has 5 nitrogen and oxygen atoms in total. The molecule has 0 bridgehead atoms. The quantitative estimate of drug-likeness (QED) is 0.191. The lowest BCUT2D eigenvalue weighted by Gasteiger charge is -2.09. The molecule has 144 valence electrons. The second kappa shape index (κ2) is 9.18. The minimum Gasteiger partial charge on any atom is -0.488 e. The van der Waals surface area contributed by atoms with Crippen molar-refractivity contribution in [1.82, 2.24) is 0 Å². The van der Waals surface area contributed by atoms with E-state index in [1.54, 1.807) is 12.1 Å². The molecule has 0 aliphatic carbocycles. The summed E-state index contributed by atoms with van der Waals surface area (Å²) in [6.07, 6.45) is 1.83. The lowest BCUT2D eigenvalue weighted by atomic mass is 10.0. The van der Waals surface area contributed by atoms with E-state index in [-0.39, 0.29) is 5.69 Å². The highest BCUT2D eigenvalue weighted by Crippen LogP contribution is 2.29. The molecule has 6 heteroatoms. The minimum absolute atomic E-state index is 0.0490. The molecule has 0 radical (unpaired) electrons. The fraction of sp³-hybridized carbons (Fsp3) is 0.0870. The molecule has 29 heavy (non-hydrogen) atoms.